The summed E-state index contributed by atoms with van der Waals surface area (Å²) in [6.45, 7) is 0. The van der Waals surface area contributed by atoms with Crippen molar-refractivity contribution in [2.24, 2.45) is 0 Å². The third kappa shape index (κ3) is 1.88. The second-order valence-corrected chi connectivity index (χ2v) is 4.23. The first-order chi connectivity index (χ1) is 9.20. The summed E-state index contributed by atoms with van der Waals surface area (Å²) in [5.74, 6) is 0.703. The minimum Gasteiger partial charge on any atom is -0.465 e. The minimum absolute atomic E-state index is 0.288. The standard InChI is InChI=1S/C13H9ClN2O3/c1-18-13(17)8-3-2-6-16-9(8)7-15-12(16)10-4-5-11(14)19-10/h2-7H,1H3. The van der Waals surface area contributed by atoms with E-state index in [1.165, 1.54) is 7.11 Å². The normalized spacial score (nSPS) is 10.8. The molecule has 0 bridgehead atoms. The number of methoxy groups -OCH3 is 1. The van der Waals surface area contributed by atoms with Crippen LogP contribution in [0.25, 0.3) is 17.1 Å². The maximum atomic E-state index is 11.7. The highest BCUT2D eigenvalue weighted by Gasteiger charge is 2.15. The molecule has 0 saturated carbocycles. The van der Waals surface area contributed by atoms with Gasteiger partial charge < -0.3 is 9.15 Å². The molecule has 0 aliphatic carbocycles. The number of nitrogens with zero attached hydrogens (tertiary/aromatic N) is 2. The lowest BCUT2D eigenvalue weighted by molar-refractivity contribution is 0.0602. The maximum Gasteiger partial charge on any atom is 0.340 e. The molecule has 0 spiro atoms. The molecule has 3 aromatic heterocycles. The summed E-state index contributed by atoms with van der Waals surface area (Å²) in [6, 6.07) is 6.79. The Morgan fingerprint density at radius 2 is 2.26 bits per heavy atom. The van der Waals surface area contributed by atoms with E-state index < -0.39 is 5.97 Å². The van der Waals surface area contributed by atoms with E-state index in [9.17, 15) is 4.79 Å². The Labute approximate surface area is 113 Å². The van der Waals surface area contributed by atoms with Crippen molar-refractivity contribution in [1.29, 1.82) is 0 Å². The predicted octanol–water partition coefficient (Wildman–Crippen LogP) is 3.03. The van der Waals surface area contributed by atoms with Crippen molar-refractivity contribution in [2.45, 2.75) is 0 Å². The smallest absolute Gasteiger partial charge is 0.340 e. The number of carbonyl (C=O) groups excluding carboxylic acids is 1. The van der Waals surface area contributed by atoms with Crippen LogP contribution in [0.3, 0.4) is 0 Å². The van der Waals surface area contributed by atoms with Crippen LogP contribution in [0.2, 0.25) is 5.22 Å². The van der Waals surface area contributed by atoms with E-state index in [4.69, 9.17) is 20.8 Å². The summed E-state index contributed by atoms with van der Waals surface area (Å²) in [5.41, 5.74) is 1.10. The fourth-order valence-electron chi connectivity index (χ4n) is 1.92. The Balaban J connectivity index is 2.22. The molecule has 6 heteroatoms. The number of ether oxygens (including phenoxy) is 1. The van der Waals surface area contributed by atoms with Gasteiger partial charge in [0.1, 0.15) is 0 Å². The summed E-state index contributed by atoms with van der Waals surface area (Å²) in [4.78, 5) is 15.9. The van der Waals surface area contributed by atoms with Crippen LogP contribution < -0.4 is 0 Å². The number of hydrogen-bond donors (Lipinski definition) is 0. The zero-order valence-corrected chi connectivity index (χ0v) is 10.7. The first kappa shape index (κ1) is 11.8. The fourth-order valence-corrected chi connectivity index (χ4v) is 2.07. The largest absolute Gasteiger partial charge is 0.465 e. The minimum atomic E-state index is -0.408. The van der Waals surface area contributed by atoms with Crippen LogP contribution in [0, 0.1) is 0 Å². The number of esters is 1. The van der Waals surface area contributed by atoms with Gasteiger partial charge in [-0.3, -0.25) is 4.40 Å². The fraction of sp³-hybridized carbons (Fsp3) is 0.0769. The quantitative estimate of drug-likeness (QED) is 0.675. The van der Waals surface area contributed by atoms with Crippen LogP contribution in [-0.4, -0.2) is 22.5 Å². The zero-order chi connectivity index (χ0) is 13.4. The molecule has 0 N–H and O–H groups in total. The number of carbonyl (C=O) groups is 1. The van der Waals surface area contributed by atoms with Crippen LogP contribution >= 0.6 is 11.6 Å². The first-order valence-corrected chi connectivity index (χ1v) is 5.88. The third-order valence-corrected chi connectivity index (χ3v) is 2.97. The summed E-state index contributed by atoms with van der Waals surface area (Å²) in [7, 11) is 1.34. The second-order valence-electron chi connectivity index (χ2n) is 3.85. The van der Waals surface area contributed by atoms with E-state index >= 15 is 0 Å². The molecule has 0 fully saturated rings. The van der Waals surface area contributed by atoms with Crippen molar-refractivity contribution in [1.82, 2.24) is 9.38 Å². The number of aromatic nitrogens is 2. The maximum absolute atomic E-state index is 11.7. The molecule has 0 saturated heterocycles. The van der Waals surface area contributed by atoms with Crippen LogP contribution in [-0.2, 0) is 4.74 Å². The summed E-state index contributed by atoms with van der Waals surface area (Å²) < 4.78 is 11.8. The molecule has 96 valence electrons. The van der Waals surface area contributed by atoms with Crippen molar-refractivity contribution in [3.8, 4) is 11.6 Å². The monoisotopic (exact) mass is 276 g/mol. The molecule has 0 aliphatic heterocycles. The molecule has 0 unspecified atom stereocenters. The lowest BCUT2D eigenvalue weighted by Gasteiger charge is -2.03. The highest BCUT2D eigenvalue weighted by molar-refractivity contribution is 6.28. The number of fused-ring (bicyclic) bond motifs is 1. The van der Waals surface area contributed by atoms with Crippen LogP contribution in [0.1, 0.15) is 10.4 Å². The van der Waals surface area contributed by atoms with E-state index in [0.29, 0.717) is 22.7 Å². The number of furan rings is 1. The number of pyridine rings is 1. The van der Waals surface area contributed by atoms with Gasteiger partial charge >= 0.3 is 5.97 Å². The van der Waals surface area contributed by atoms with Gasteiger partial charge in [-0.05, 0) is 35.9 Å². The number of halogens is 1. The molecular weight excluding hydrogens is 268 g/mol. The highest BCUT2D eigenvalue weighted by atomic mass is 35.5. The van der Waals surface area contributed by atoms with Crippen molar-refractivity contribution in [2.75, 3.05) is 7.11 Å². The third-order valence-electron chi connectivity index (χ3n) is 2.77. The zero-order valence-electron chi connectivity index (χ0n) is 9.96. The molecule has 5 nitrogen and oxygen atoms in total. The van der Waals surface area contributed by atoms with E-state index in [1.54, 1.807) is 41.1 Å². The number of hydrogen-bond acceptors (Lipinski definition) is 4. The van der Waals surface area contributed by atoms with E-state index in [-0.39, 0.29) is 5.22 Å². The van der Waals surface area contributed by atoms with E-state index in [0.717, 1.165) is 0 Å². The summed E-state index contributed by atoms with van der Waals surface area (Å²) >= 11 is 5.75. The molecule has 3 aromatic rings. The average Bonchev–Trinajstić information content (AvgIpc) is 3.03. The van der Waals surface area contributed by atoms with Gasteiger partial charge in [0.25, 0.3) is 0 Å². The van der Waals surface area contributed by atoms with Crippen molar-refractivity contribution >= 4 is 23.1 Å². The van der Waals surface area contributed by atoms with Crippen molar-refractivity contribution in [3.63, 3.8) is 0 Å². The molecule has 0 amide bonds. The second kappa shape index (κ2) is 4.44. The number of rotatable bonds is 2. The Bertz CT molecular complexity index is 760. The predicted molar refractivity (Wildman–Crippen MR) is 69.2 cm³/mol. The van der Waals surface area contributed by atoms with Gasteiger partial charge in [-0.15, -0.1) is 0 Å². The molecule has 3 rings (SSSR count). The Morgan fingerprint density at radius 3 is 2.95 bits per heavy atom. The first-order valence-electron chi connectivity index (χ1n) is 5.51. The lowest BCUT2D eigenvalue weighted by Crippen LogP contribution is -2.03. The Hall–Kier alpha value is -2.27. The average molecular weight is 277 g/mol. The SMILES string of the molecule is COC(=O)c1cccn2c(-c3ccc(Cl)o3)ncc12. The van der Waals surface area contributed by atoms with E-state index in [1.807, 2.05) is 0 Å². The number of imidazole rings is 1. The molecular formula is C13H9ClN2O3. The molecule has 0 aliphatic rings. The molecule has 3 heterocycles. The summed E-state index contributed by atoms with van der Waals surface area (Å²) in [5, 5.41) is 0.288. The van der Waals surface area contributed by atoms with Gasteiger partial charge in [0, 0.05) is 6.20 Å². The van der Waals surface area contributed by atoms with Crippen LogP contribution in [0.15, 0.2) is 41.1 Å². The van der Waals surface area contributed by atoms with Crippen LogP contribution in [0.4, 0.5) is 0 Å². The molecule has 0 atom stereocenters. The highest BCUT2D eigenvalue weighted by Crippen LogP contribution is 2.25. The summed E-state index contributed by atoms with van der Waals surface area (Å²) in [6.07, 6.45) is 3.39. The van der Waals surface area contributed by atoms with Crippen molar-refractivity contribution < 1.29 is 13.9 Å². The Morgan fingerprint density at radius 1 is 1.42 bits per heavy atom. The van der Waals surface area contributed by atoms with Gasteiger partial charge in [-0.1, -0.05) is 0 Å². The van der Waals surface area contributed by atoms with Gasteiger partial charge in [-0.2, -0.15) is 0 Å². The molecule has 0 aromatic carbocycles. The van der Waals surface area contributed by atoms with Gasteiger partial charge in [0.15, 0.2) is 16.8 Å². The van der Waals surface area contributed by atoms with Gasteiger partial charge in [0.2, 0.25) is 0 Å². The van der Waals surface area contributed by atoms with Gasteiger partial charge in [0.05, 0.1) is 24.4 Å². The topological polar surface area (TPSA) is 56.7 Å². The van der Waals surface area contributed by atoms with Crippen molar-refractivity contribution in [3.05, 3.63) is 47.4 Å². The van der Waals surface area contributed by atoms with Crippen LogP contribution in [0.5, 0.6) is 0 Å². The Kier molecular flexibility index (Phi) is 2.76. The van der Waals surface area contributed by atoms with E-state index in [2.05, 4.69) is 4.98 Å². The molecule has 0 radical (unpaired) electrons. The lowest BCUT2D eigenvalue weighted by atomic mass is 10.2. The van der Waals surface area contributed by atoms with Gasteiger partial charge in [-0.25, -0.2) is 9.78 Å². The molecule has 19 heavy (non-hydrogen) atoms.